The number of nitrogens with zero attached hydrogens (tertiary/aromatic N) is 8. The number of para-hydroxylation sites is 2. The van der Waals surface area contributed by atoms with Crippen LogP contribution in [0.2, 0.25) is 0 Å². The number of H-pyrrole nitrogens is 2. The molecule has 30 heteroatoms. The zero-order valence-electron chi connectivity index (χ0n) is 58.0. The molecular formula is C76H65BBr4I2N10O10S3. The van der Waals surface area contributed by atoms with Crippen molar-refractivity contribution in [2.75, 3.05) is 14.2 Å². The molecule has 1 aliphatic rings. The smallest absolute Gasteiger partial charge is 0.496 e. The Morgan fingerprint density at radius 2 is 0.821 bits per heavy atom. The van der Waals surface area contributed by atoms with E-state index in [1.165, 1.54) is 20.9 Å². The molecular weight excluding hydrogens is 1890 g/mol. The van der Waals surface area contributed by atoms with Gasteiger partial charge in [-0.2, -0.15) is 0 Å². The van der Waals surface area contributed by atoms with E-state index in [0.29, 0.717) is 44.9 Å². The molecule has 0 aliphatic carbocycles. The zero-order chi connectivity index (χ0) is 75.8. The van der Waals surface area contributed by atoms with E-state index in [1.807, 2.05) is 140 Å². The lowest BCUT2D eigenvalue weighted by atomic mass is 9.79. The average Bonchev–Trinajstić information content (AvgIpc) is 1.59. The van der Waals surface area contributed by atoms with Gasteiger partial charge < -0.3 is 28.8 Å². The maximum absolute atomic E-state index is 13.7. The average molecular weight is 1960 g/mol. The molecule has 15 aromatic rings. The second kappa shape index (κ2) is 31.9. The minimum absolute atomic E-state index is 0.188. The summed E-state index contributed by atoms with van der Waals surface area (Å²) in [7, 11) is -8.80. The first-order chi connectivity index (χ1) is 50.4. The van der Waals surface area contributed by atoms with Gasteiger partial charge in [-0.25, -0.2) is 62.1 Å². The molecule has 1 fully saturated rings. The van der Waals surface area contributed by atoms with Gasteiger partial charge in [0.1, 0.15) is 22.8 Å². The van der Waals surface area contributed by atoms with E-state index in [-0.39, 0.29) is 14.7 Å². The summed E-state index contributed by atoms with van der Waals surface area (Å²) >= 11 is 17.9. The highest BCUT2D eigenvalue weighted by atomic mass is 127. The molecule has 2 N–H and O–H groups in total. The van der Waals surface area contributed by atoms with E-state index in [1.54, 1.807) is 137 Å². The third-order valence-electron chi connectivity index (χ3n) is 17.6. The summed E-state index contributed by atoms with van der Waals surface area (Å²) < 4.78 is 113. The number of aromatic nitrogens is 10. The van der Waals surface area contributed by atoms with Crippen LogP contribution in [0, 0.1) is 27.9 Å². The number of aromatic amines is 2. The second-order valence-corrected chi connectivity index (χ2v) is 36.8. The monoisotopic (exact) mass is 1950 g/mol. The SMILES string of the molecule is Brc1cnc2[nH]cc(I)c2c1.Brc1cnc2[nH]ccc2c1.COc1ccccc1-c1cn(S(=O)(=O)c2ccc(C)cc2)c2ncc(B3OC(C)(C)C(C)(C)O3)cc12.COc1ccccc1-c1cn(S(=O)(=O)c2ccc(C)cc2)c2ncc(Br)cc12.Cc1ccc(S(=O)(=O)n2cc(I)c3cc(Br)cnc32)cc1. The molecule has 20 nitrogen and oxygen atoms in total. The van der Waals surface area contributed by atoms with Gasteiger partial charge in [0.25, 0.3) is 30.1 Å². The molecule has 1 aliphatic heterocycles. The molecule has 0 amide bonds. The van der Waals surface area contributed by atoms with Gasteiger partial charge in [0, 0.05) is 142 Å². The lowest BCUT2D eigenvalue weighted by molar-refractivity contribution is 0.00578. The number of methoxy groups -OCH3 is 2. The number of ether oxygens (including phenoxy) is 2. The van der Waals surface area contributed by atoms with Crippen LogP contribution < -0.4 is 14.9 Å². The Morgan fingerprint density at radius 3 is 1.29 bits per heavy atom. The summed E-state index contributed by atoms with van der Waals surface area (Å²) in [5, 5.41) is 4.48. The van der Waals surface area contributed by atoms with E-state index in [0.717, 1.165) is 82.3 Å². The summed E-state index contributed by atoms with van der Waals surface area (Å²) in [5.74, 6) is 1.29. The van der Waals surface area contributed by atoms with E-state index < -0.39 is 48.4 Å². The minimum atomic E-state index is -3.91. The van der Waals surface area contributed by atoms with Crippen LogP contribution in [0.5, 0.6) is 11.5 Å². The summed E-state index contributed by atoms with van der Waals surface area (Å²) in [4.78, 5) is 28.3. The number of hydrogen-bond acceptors (Lipinski definition) is 15. The number of benzene rings is 5. The number of fused-ring (bicyclic) bond motifs is 5. The van der Waals surface area contributed by atoms with Gasteiger partial charge >= 0.3 is 7.12 Å². The molecule has 0 atom stereocenters. The Morgan fingerprint density at radius 1 is 0.434 bits per heavy atom. The summed E-state index contributed by atoms with van der Waals surface area (Å²) in [6.07, 6.45) is 17.0. The highest BCUT2D eigenvalue weighted by Gasteiger charge is 2.52. The van der Waals surface area contributed by atoms with Gasteiger partial charge in [0.2, 0.25) is 0 Å². The second-order valence-electron chi connectivity index (χ2n) is 25.3. The van der Waals surface area contributed by atoms with Crippen molar-refractivity contribution < 1.29 is 44.0 Å². The zero-order valence-corrected chi connectivity index (χ0v) is 71.1. The fourth-order valence-corrected chi connectivity index (χ4v) is 18.1. The molecule has 0 unspecified atom stereocenters. The van der Waals surface area contributed by atoms with Crippen molar-refractivity contribution >= 4 is 207 Å². The van der Waals surface area contributed by atoms with Gasteiger partial charge in [-0.1, -0.05) is 89.5 Å². The summed E-state index contributed by atoms with van der Waals surface area (Å²) in [5.41, 5.74) is 8.64. The van der Waals surface area contributed by atoms with Crippen molar-refractivity contribution in [2.24, 2.45) is 0 Å². The lowest BCUT2D eigenvalue weighted by Gasteiger charge is -2.32. The van der Waals surface area contributed by atoms with Crippen molar-refractivity contribution in [3.8, 4) is 33.8 Å². The van der Waals surface area contributed by atoms with Crippen LogP contribution in [0.25, 0.3) is 77.4 Å². The van der Waals surface area contributed by atoms with Crippen molar-refractivity contribution in [1.82, 2.24) is 46.8 Å². The molecule has 0 saturated carbocycles. The van der Waals surface area contributed by atoms with E-state index in [9.17, 15) is 25.3 Å². The van der Waals surface area contributed by atoms with Crippen molar-refractivity contribution in [3.63, 3.8) is 0 Å². The first kappa shape index (κ1) is 78.0. The molecule has 542 valence electrons. The molecule has 5 aromatic carbocycles. The number of rotatable bonds is 11. The number of nitrogens with one attached hydrogen (secondary N) is 2. The third-order valence-corrected chi connectivity index (χ3v) is 26.1. The van der Waals surface area contributed by atoms with Crippen molar-refractivity contribution in [2.45, 2.75) is 74.4 Å². The van der Waals surface area contributed by atoms with Crippen LogP contribution in [0.15, 0.2) is 252 Å². The van der Waals surface area contributed by atoms with Gasteiger partial charge in [0.05, 0.1) is 40.1 Å². The fourth-order valence-electron chi connectivity index (χ4n) is 11.3. The van der Waals surface area contributed by atoms with Crippen molar-refractivity contribution in [3.05, 3.63) is 261 Å². The first-order valence-electron chi connectivity index (χ1n) is 32.3. The van der Waals surface area contributed by atoms with Crippen LogP contribution in [0.1, 0.15) is 44.4 Å². The van der Waals surface area contributed by atoms with Crippen LogP contribution in [-0.2, 0) is 39.4 Å². The van der Waals surface area contributed by atoms with Gasteiger partial charge in [-0.15, -0.1) is 0 Å². The van der Waals surface area contributed by atoms with E-state index >= 15 is 0 Å². The van der Waals surface area contributed by atoms with Crippen LogP contribution in [0.3, 0.4) is 0 Å². The molecule has 0 spiro atoms. The lowest BCUT2D eigenvalue weighted by Crippen LogP contribution is -2.41. The molecule has 1 saturated heterocycles. The quantitative estimate of drug-likeness (QED) is 0.0902. The predicted molar refractivity (Wildman–Crippen MR) is 449 cm³/mol. The highest BCUT2D eigenvalue weighted by Crippen LogP contribution is 2.41. The first-order valence-corrected chi connectivity index (χ1v) is 42.0. The Balaban J connectivity index is 0.000000133. The Kier molecular flexibility index (Phi) is 23.5. The predicted octanol–water partition coefficient (Wildman–Crippen LogP) is 18.8. The largest absolute Gasteiger partial charge is 0.496 e. The molecule has 0 bridgehead atoms. The maximum atomic E-state index is 13.7. The Bertz CT molecular complexity index is 6150. The van der Waals surface area contributed by atoms with E-state index in [2.05, 4.69) is 150 Å². The van der Waals surface area contributed by atoms with Crippen LogP contribution in [-0.4, -0.2) is 105 Å². The maximum Gasteiger partial charge on any atom is 0.496 e. The number of aryl methyl sites for hydroxylation is 3. The highest BCUT2D eigenvalue weighted by molar-refractivity contribution is 14.1. The normalized spacial score (nSPS) is 13.3. The van der Waals surface area contributed by atoms with Gasteiger partial charge in [-0.05, 0) is 242 Å². The van der Waals surface area contributed by atoms with Gasteiger partial charge in [-0.3, -0.25) is 0 Å². The number of halogens is 6. The summed E-state index contributed by atoms with van der Waals surface area (Å²) in [6, 6.07) is 47.1. The standard InChI is InChI=1S/C27H29BN2O5S.C21H17BrN2O3S.C14H10BrIN2O2S.C7H4BrIN2.C7H5BrN2/c1-18-11-13-20(14-12-18)36(31,32)30-17-23(21-9-7-8-10-24(21)33-6)22-15-19(16-29-25(22)30)28-34-26(2,3)27(4,5)35-28;1-14-7-9-16(10-8-14)28(25,26)24-13-19(17-5-3-4-6-20(17)27-2)18-11-15(22)12-23-21(18)24;1-9-2-4-11(5-3-9)21(19,20)18-8-13(16)12-6-10(15)7-17-14(12)18;8-4-1-5-6(9)3-11-7(5)10-2-4;8-6-3-5-1-2-9-7(5)10-4-6/h7-17H,1-6H3;3-13H,1-2H3;2-8H,1H3;1-3H,(H,10,11);1-4H,(H,9,10). The molecule has 16 rings (SSSR count). The molecule has 0 radical (unpaired) electrons. The molecule has 10 aromatic heterocycles. The number of hydrogen-bond donors (Lipinski definition) is 2. The topological polar surface area (TPSA) is 250 Å². The van der Waals surface area contributed by atoms with Crippen molar-refractivity contribution in [1.29, 1.82) is 0 Å². The Hall–Kier alpha value is -7.64. The minimum Gasteiger partial charge on any atom is -0.496 e. The number of pyridine rings is 5. The van der Waals surface area contributed by atoms with Crippen LogP contribution >= 0.6 is 109 Å². The van der Waals surface area contributed by atoms with E-state index in [4.69, 9.17) is 18.8 Å². The summed E-state index contributed by atoms with van der Waals surface area (Å²) in [6.45, 7) is 13.7. The Labute approximate surface area is 674 Å². The third kappa shape index (κ3) is 16.4. The van der Waals surface area contributed by atoms with Crippen LogP contribution in [0.4, 0.5) is 0 Å². The molecule has 11 heterocycles. The van der Waals surface area contributed by atoms with Gasteiger partial charge in [0.15, 0.2) is 16.9 Å². The molecule has 106 heavy (non-hydrogen) atoms. The fraction of sp³-hybridized carbons (Fsp3) is 0.145.